The fraction of sp³-hybridized carbons (Fsp3) is 0.677. The molecule has 0 amide bonds. The van der Waals surface area contributed by atoms with E-state index >= 15 is 0 Å². The molecule has 11 heteroatoms. The lowest BCUT2D eigenvalue weighted by atomic mass is 9.37. The predicted molar refractivity (Wildman–Crippen MR) is 142 cm³/mol. The second-order valence-electron chi connectivity index (χ2n) is 13.6. The number of furan rings is 1. The van der Waals surface area contributed by atoms with Gasteiger partial charge in [0.25, 0.3) is 0 Å². The van der Waals surface area contributed by atoms with E-state index < -0.39 is 87.6 Å². The average Bonchev–Trinajstić information content (AvgIpc) is 3.56. The van der Waals surface area contributed by atoms with Crippen molar-refractivity contribution in [2.45, 2.75) is 90.5 Å². The minimum Gasteiger partial charge on any atom is -0.472 e. The van der Waals surface area contributed by atoms with E-state index in [2.05, 4.69) is 0 Å². The molecule has 4 heterocycles. The summed E-state index contributed by atoms with van der Waals surface area (Å²) in [7, 11) is 1.30. The number of methoxy groups -OCH3 is 1. The summed E-state index contributed by atoms with van der Waals surface area (Å²) in [6.07, 6.45) is 2.55. The third-order valence-electron chi connectivity index (χ3n) is 11.3. The number of carbonyl (C=O) groups excluding carboxylic acids is 4. The Bertz CT molecular complexity index is 1380. The number of hydrogen-bond donors (Lipinski definition) is 1. The van der Waals surface area contributed by atoms with Crippen molar-refractivity contribution in [3.05, 3.63) is 35.8 Å². The third-order valence-corrected chi connectivity index (χ3v) is 11.3. The largest absolute Gasteiger partial charge is 0.472 e. The van der Waals surface area contributed by atoms with Crippen molar-refractivity contribution in [2.24, 2.45) is 34.0 Å². The normalized spacial score (nSPS) is 44.3. The Hall–Kier alpha value is -3.18. The number of fused-ring (bicyclic) bond motifs is 2. The van der Waals surface area contributed by atoms with Crippen LogP contribution < -0.4 is 0 Å². The van der Waals surface area contributed by atoms with Crippen LogP contribution >= 0.6 is 0 Å². The van der Waals surface area contributed by atoms with Crippen LogP contribution in [0.3, 0.4) is 0 Å². The Kier molecular flexibility index (Phi) is 6.14. The molecule has 42 heavy (non-hydrogen) atoms. The van der Waals surface area contributed by atoms with Crippen LogP contribution in [0.5, 0.6) is 0 Å². The number of ether oxygens (including phenoxy) is 5. The zero-order chi connectivity index (χ0) is 30.6. The zero-order valence-corrected chi connectivity index (χ0v) is 24.9. The molecule has 1 unspecified atom stereocenters. The number of hydrogen-bond acceptors (Lipinski definition) is 11. The van der Waals surface area contributed by atoms with Gasteiger partial charge in [0, 0.05) is 54.1 Å². The molecular weight excluding hydrogens is 548 g/mol. The van der Waals surface area contributed by atoms with E-state index in [0.717, 1.165) is 0 Å². The molecule has 228 valence electrons. The van der Waals surface area contributed by atoms with Gasteiger partial charge in [-0.3, -0.25) is 14.4 Å². The predicted octanol–water partition coefficient (Wildman–Crippen LogP) is 3.40. The molecule has 1 N–H and O–H groups in total. The fourth-order valence-corrected chi connectivity index (χ4v) is 9.79. The van der Waals surface area contributed by atoms with Crippen LogP contribution in [-0.4, -0.2) is 59.7 Å². The highest BCUT2D eigenvalue weighted by atomic mass is 16.7. The summed E-state index contributed by atoms with van der Waals surface area (Å²) in [5, 5.41) is 12.8. The Balaban J connectivity index is 1.62. The number of rotatable bonds is 5. The summed E-state index contributed by atoms with van der Waals surface area (Å²) in [6, 6.07) is 1.74. The zero-order valence-electron chi connectivity index (χ0n) is 24.9. The Labute approximate surface area is 243 Å². The molecule has 1 aromatic rings. The molecule has 6 rings (SSSR count). The smallest absolute Gasteiger partial charge is 0.331 e. The number of esters is 4. The lowest BCUT2D eigenvalue weighted by molar-refractivity contribution is -0.326. The molecule has 0 aromatic carbocycles. The van der Waals surface area contributed by atoms with Crippen LogP contribution in [0.4, 0.5) is 0 Å². The van der Waals surface area contributed by atoms with E-state index in [4.69, 9.17) is 28.1 Å². The molecule has 10 atom stereocenters. The van der Waals surface area contributed by atoms with Crippen LogP contribution in [0.15, 0.2) is 34.7 Å². The molecule has 2 saturated carbocycles. The molecular formula is C31H38O11. The van der Waals surface area contributed by atoms with Gasteiger partial charge in [-0.15, -0.1) is 0 Å². The van der Waals surface area contributed by atoms with Gasteiger partial charge in [0.1, 0.15) is 23.9 Å². The standard InChI is InChI=1S/C31H38O11/c1-15(32)39-25-23-26(40-16(2)33)30-18(29(6,31(23,36)42-30)19(27(25,3)4)12-21(34)37-7)8-10-28(5)20(30)13-22(35)41-24(28)17-9-11-38-14-17/h9,11,13-14,18-19,23-26,36H,8,10,12H2,1-7H3/t18-,19+,23-,24+,25-,26-,28-,29-,30-,31?/m1/s1. The quantitative estimate of drug-likeness (QED) is 0.400. The Morgan fingerprint density at radius 1 is 1.07 bits per heavy atom. The summed E-state index contributed by atoms with van der Waals surface area (Å²) >= 11 is 0. The van der Waals surface area contributed by atoms with Crippen molar-refractivity contribution < 1.29 is 52.4 Å². The molecule has 4 fully saturated rings. The van der Waals surface area contributed by atoms with E-state index in [0.29, 0.717) is 24.0 Å². The van der Waals surface area contributed by atoms with Crippen molar-refractivity contribution in [1.29, 1.82) is 0 Å². The second kappa shape index (κ2) is 8.92. The van der Waals surface area contributed by atoms with E-state index in [-0.39, 0.29) is 6.42 Å². The highest BCUT2D eigenvalue weighted by Crippen LogP contribution is 2.81. The van der Waals surface area contributed by atoms with Gasteiger partial charge in [0.15, 0.2) is 5.79 Å². The summed E-state index contributed by atoms with van der Waals surface area (Å²) in [5.74, 6) is -6.37. The second-order valence-corrected chi connectivity index (χ2v) is 13.6. The molecule has 3 aliphatic heterocycles. The first kappa shape index (κ1) is 28.9. The van der Waals surface area contributed by atoms with Crippen LogP contribution in [0.25, 0.3) is 0 Å². The number of cyclic esters (lactones) is 1. The van der Waals surface area contributed by atoms with Gasteiger partial charge < -0.3 is 33.2 Å². The number of carbonyl (C=O) groups is 4. The van der Waals surface area contributed by atoms with Gasteiger partial charge in [-0.2, -0.15) is 0 Å². The lowest BCUT2D eigenvalue weighted by Crippen LogP contribution is -2.75. The Morgan fingerprint density at radius 3 is 2.33 bits per heavy atom. The first-order valence-electron chi connectivity index (χ1n) is 14.4. The maximum atomic E-state index is 13.2. The van der Waals surface area contributed by atoms with E-state index in [1.165, 1.54) is 39.6 Å². The maximum absolute atomic E-state index is 13.2. The van der Waals surface area contributed by atoms with Crippen LogP contribution in [0.1, 0.15) is 72.5 Å². The summed E-state index contributed by atoms with van der Waals surface area (Å²) < 4.78 is 35.2. The minimum absolute atomic E-state index is 0.0725. The summed E-state index contributed by atoms with van der Waals surface area (Å²) in [5.41, 5.74) is -3.08. The van der Waals surface area contributed by atoms with E-state index in [1.807, 2.05) is 27.7 Å². The molecule has 2 saturated heterocycles. The van der Waals surface area contributed by atoms with Gasteiger partial charge in [-0.1, -0.05) is 27.7 Å². The molecule has 5 aliphatic rings. The SMILES string of the molecule is COC(=O)C[C@H]1C(C)(C)[C@H](OC(C)=O)[C@@H]2[C@@H](OC(C)=O)[C@@]34OC2(O)[C@]1(C)[C@H]3CC[C@]1(C)C4=CC(=O)O[C@H]1c1ccoc1. The summed E-state index contributed by atoms with van der Waals surface area (Å²) in [6.45, 7) is 10.2. The van der Waals surface area contributed by atoms with E-state index in [1.54, 1.807) is 6.07 Å². The minimum atomic E-state index is -2.00. The van der Waals surface area contributed by atoms with Crippen molar-refractivity contribution in [3.63, 3.8) is 0 Å². The van der Waals surface area contributed by atoms with Crippen LogP contribution in [0.2, 0.25) is 0 Å². The van der Waals surface area contributed by atoms with Gasteiger partial charge in [-0.05, 0) is 30.4 Å². The lowest BCUT2D eigenvalue weighted by Gasteiger charge is -2.66. The van der Waals surface area contributed by atoms with Gasteiger partial charge in [0.05, 0.1) is 25.6 Å². The van der Waals surface area contributed by atoms with Crippen LogP contribution in [-0.2, 0) is 42.9 Å². The average molecular weight is 587 g/mol. The van der Waals surface area contributed by atoms with Gasteiger partial charge >= 0.3 is 23.9 Å². The van der Waals surface area contributed by atoms with Crippen LogP contribution in [0, 0.1) is 34.0 Å². The first-order valence-corrected chi connectivity index (χ1v) is 14.4. The topological polar surface area (TPSA) is 148 Å². The highest BCUT2D eigenvalue weighted by molar-refractivity contribution is 5.85. The van der Waals surface area contributed by atoms with Crippen molar-refractivity contribution in [3.8, 4) is 0 Å². The van der Waals surface area contributed by atoms with Crippen molar-refractivity contribution in [1.82, 2.24) is 0 Å². The fourth-order valence-electron chi connectivity index (χ4n) is 9.79. The Morgan fingerprint density at radius 2 is 1.74 bits per heavy atom. The molecule has 11 nitrogen and oxygen atoms in total. The maximum Gasteiger partial charge on any atom is 0.331 e. The molecule has 2 aliphatic carbocycles. The first-order chi connectivity index (χ1) is 19.6. The van der Waals surface area contributed by atoms with Gasteiger partial charge in [-0.25, -0.2) is 4.79 Å². The van der Waals surface area contributed by atoms with Crippen molar-refractivity contribution >= 4 is 23.9 Å². The number of aliphatic hydroxyl groups is 1. The van der Waals surface area contributed by atoms with Gasteiger partial charge in [0.2, 0.25) is 0 Å². The monoisotopic (exact) mass is 586 g/mol. The molecule has 1 aromatic heterocycles. The highest BCUT2D eigenvalue weighted by Gasteiger charge is 2.90. The molecule has 1 spiro atoms. The molecule has 0 radical (unpaired) electrons. The van der Waals surface area contributed by atoms with E-state index in [9.17, 15) is 24.3 Å². The summed E-state index contributed by atoms with van der Waals surface area (Å²) in [4.78, 5) is 51.4. The van der Waals surface area contributed by atoms with Crippen molar-refractivity contribution in [2.75, 3.05) is 7.11 Å². The third kappa shape index (κ3) is 3.35. The molecule has 2 bridgehead atoms.